The third-order valence-electron chi connectivity index (χ3n) is 4.36. The minimum absolute atomic E-state index is 0.579. The molecule has 0 unspecified atom stereocenters. The zero-order valence-electron chi connectivity index (χ0n) is 11.4. The quantitative estimate of drug-likeness (QED) is 0.788. The Kier molecular flexibility index (Phi) is 4.28. The van der Waals surface area contributed by atoms with E-state index in [0.717, 1.165) is 29.1 Å². The third-order valence-corrected chi connectivity index (χ3v) is 4.70. The Bertz CT molecular complexity index is 489. The molecule has 1 N–H and O–H groups in total. The van der Waals surface area contributed by atoms with E-state index in [9.17, 15) is 0 Å². The maximum Gasteiger partial charge on any atom is 0.135 e. The maximum absolute atomic E-state index is 5.47. The van der Waals surface area contributed by atoms with E-state index in [2.05, 4.69) is 9.97 Å². The Morgan fingerprint density at radius 2 is 1.84 bits per heavy atom. The lowest BCUT2D eigenvalue weighted by molar-refractivity contribution is 0.108. The van der Waals surface area contributed by atoms with Crippen molar-refractivity contribution in [1.29, 1.82) is 0 Å². The van der Waals surface area contributed by atoms with E-state index in [4.69, 9.17) is 17.0 Å². The van der Waals surface area contributed by atoms with Crippen LogP contribution in [0, 0.1) is 4.64 Å². The number of H-pyrrole nitrogens is 1. The molecule has 104 valence electrons. The first-order valence-electron chi connectivity index (χ1n) is 7.54. The molecular weight excluding hydrogens is 256 g/mol. The number of nitrogens with one attached hydrogen (secondary N) is 1. The molecule has 1 aromatic rings. The van der Waals surface area contributed by atoms with Crippen LogP contribution in [-0.4, -0.2) is 16.6 Å². The lowest BCUT2D eigenvalue weighted by Crippen LogP contribution is -2.17. The molecule has 19 heavy (non-hydrogen) atoms. The third kappa shape index (κ3) is 3.06. The highest BCUT2D eigenvalue weighted by molar-refractivity contribution is 7.71. The molecular formula is C15H22N2OS. The number of fused-ring (bicyclic) bond motifs is 1. The minimum atomic E-state index is 0.579. The Balaban J connectivity index is 1.87. The first-order chi connectivity index (χ1) is 9.34. The average Bonchev–Trinajstić information content (AvgIpc) is 2.38. The molecule has 0 spiro atoms. The second-order valence-corrected chi connectivity index (χ2v) is 6.12. The van der Waals surface area contributed by atoms with Crippen molar-refractivity contribution in [3.8, 4) is 0 Å². The molecule has 3 nitrogen and oxygen atoms in total. The highest BCUT2D eigenvalue weighted by atomic mass is 32.1. The summed E-state index contributed by atoms with van der Waals surface area (Å²) >= 11 is 5.45. The van der Waals surface area contributed by atoms with Crippen molar-refractivity contribution in [3.63, 3.8) is 0 Å². The molecule has 0 radical (unpaired) electrons. The van der Waals surface area contributed by atoms with Crippen molar-refractivity contribution < 1.29 is 4.74 Å². The Labute approximate surface area is 119 Å². The first kappa shape index (κ1) is 13.3. The highest BCUT2D eigenvalue weighted by Crippen LogP contribution is 2.30. The average molecular weight is 278 g/mol. The van der Waals surface area contributed by atoms with Gasteiger partial charge in [0.25, 0.3) is 0 Å². The van der Waals surface area contributed by atoms with Gasteiger partial charge < -0.3 is 9.72 Å². The molecule has 0 bridgehead atoms. The van der Waals surface area contributed by atoms with Crippen LogP contribution >= 0.6 is 12.2 Å². The summed E-state index contributed by atoms with van der Waals surface area (Å²) in [5, 5.41) is 0. The summed E-state index contributed by atoms with van der Waals surface area (Å²) in [6.07, 6.45) is 10.3. The summed E-state index contributed by atoms with van der Waals surface area (Å²) in [7, 11) is 0. The standard InChI is InChI=1S/C15H22N2OS/c19-15-12-10-18-9-8-13(12)16-14(17-15)11-6-4-2-1-3-5-7-11/h11H,1-10H2,(H,16,17,19). The van der Waals surface area contributed by atoms with E-state index in [1.165, 1.54) is 50.6 Å². The summed E-state index contributed by atoms with van der Waals surface area (Å²) in [5.74, 6) is 1.71. The number of rotatable bonds is 1. The van der Waals surface area contributed by atoms with Crippen LogP contribution in [0.5, 0.6) is 0 Å². The van der Waals surface area contributed by atoms with Crippen LogP contribution in [0.15, 0.2) is 0 Å². The fraction of sp³-hybridized carbons (Fsp3) is 0.733. The maximum atomic E-state index is 5.47. The van der Waals surface area contributed by atoms with Gasteiger partial charge in [-0.25, -0.2) is 4.98 Å². The molecule has 0 aromatic carbocycles. The van der Waals surface area contributed by atoms with Crippen LogP contribution < -0.4 is 0 Å². The van der Waals surface area contributed by atoms with E-state index < -0.39 is 0 Å². The molecule has 1 saturated carbocycles. The fourth-order valence-electron chi connectivity index (χ4n) is 3.20. The number of hydrogen-bond acceptors (Lipinski definition) is 3. The van der Waals surface area contributed by atoms with Crippen LogP contribution in [0.25, 0.3) is 0 Å². The number of nitrogens with zero attached hydrogens (tertiary/aromatic N) is 1. The Morgan fingerprint density at radius 3 is 2.63 bits per heavy atom. The Morgan fingerprint density at radius 1 is 1.11 bits per heavy atom. The molecule has 0 amide bonds. The van der Waals surface area contributed by atoms with Crippen LogP contribution in [0.4, 0.5) is 0 Å². The van der Waals surface area contributed by atoms with E-state index >= 15 is 0 Å². The molecule has 3 rings (SSSR count). The van der Waals surface area contributed by atoms with Crippen LogP contribution in [-0.2, 0) is 17.8 Å². The van der Waals surface area contributed by atoms with E-state index in [-0.39, 0.29) is 0 Å². The van der Waals surface area contributed by atoms with Gasteiger partial charge in [0.15, 0.2) is 0 Å². The predicted molar refractivity (Wildman–Crippen MR) is 77.8 cm³/mol. The number of ether oxygens (including phenoxy) is 1. The minimum Gasteiger partial charge on any atom is -0.376 e. The van der Waals surface area contributed by atoms with Gasteiger partial charge in [0.05, 0.1) is 13.2 Å². The molecule has 0 saturated heterocycles. The van der Waals surface area contributed by atoms with Gasteiger partial charge in [-0.15, -0.1) is 0 Å². The number of aromatic nitrogens is 2. The summed E-state index contributed by atoms with van der Waals surface area (Å²) in [4.78, 5) is 8.23. The van der Waals surface area contributed by atoms with E-state index in [1.807, 2.05) is 0 Å². The van der Waals surface area contributed by atoms with Gasteiger partial charge in [-0.3, -0.25) is 0 Å². The SMILES string of the molecule is S=c1nc(C2CCCCCCC2)[nH]c2c1COCC2. The van der Waals surface area contributed by atoms with Crippen LogP contribution in [0.3, 0.4) is 0 Å². The highest BCUT2D eigenvalue weighted by Gasteiger charge is 2.19. The monoisotopic (exact) mass is 278 g/mol. The van der Waals surface area contributed by atoms with Gasteiger partial charge >= 0.3 is 0 Å². The van der Waals surface area contributed by atoms with Gasteiger partial charge in [-0.2, -0.15) is 0 Å². The molecule has 4 heteroatoms. The smallest absolute Gasteiger partial charge is 0.135 e. The van der Waals surface area contributed by atoms with Crippen molar-refractivity contribution in [2.24, 2.45) is 0 Å². The summed E-state index contributed by atoms with van der Waals surface area (Å²) in [5.41, 5.74) is 2.37. The van der Waals surface area contributed by atoms with E-state index in [0.29, 0.717) is 12.5 Å². The molecule has 1 fully saturated rings. The zero-order chi connectivity index (χ0) is 13.1. The second kappa shape index (κ2) is 6.14. The largest absolute Gasteiger partial charge is 0.376 e. The topological polar surface area (TPSA) is 37.9 Å². The van der Waals surface area contributed by atoms with Crippen LogP contribution in [0.1, 0.15) is 67.9 Å². The van der Waals surface area contributed by atoms with Crippen molar-refractivity contribution >= 4 is 12.2 Å². The van der Waals surface area contributed by atoms with Gasteiger partial charge in [0.2, 0.25) is 0 Å². The van der Waals surface area contributed by atoms with Crippen molar-refractivity contribution in [3.05, 3.63) is 21.7 Å². The molecule has 0 atom stereocenters. The lowest BCUT2D eigenvalue weighted by atomic mass is 9.90. The van der Waals surface area contributed by atoms with E-state index in [1.54, 1.807) is 0 Å². The molecule has 1 aliphatic carbocycles. The lowest BCUT2D eigenvalue weighted by Gasteiger charge is -2.22. The number of aromatic amines is 1. The molecule has 1 aromatic heterocycles. The summed E-state index contributed by atoms with van der Waals surface area (Å²) in [6.45, 7) is 1.43. The molecule has 2 aliphatic rings. The Hall–Kier alpha value is -0.740. The van der Waals surface area contributed by atoms with Gasteiger partial charge in [-0.1, -0.05) is 44.3 Å². The van der Waals surface area contributed by atoms with Gasteiger partial charge in [0, 0.05) is 23.6 Å². The second-order valence-electron chi connectivity index (χ2n) is 5.73. The van der Waals surface area contributed by atoms with Crippen molar-refractivity contribution in [2.75, 3.05) is 6.61 Å². The van der Waals surface area contributed by atoms with Gasteiger partial charge in [0.1, 0.15) is 10.5 Å². The van der Waals surface area contributed by atoms with Crippen molar-refractivity contribution in [2.45, 2.75) is 63.9 Å². The zero-order valence-corrected chi connectivity index (χ0v) is 12.2. The first-order valence-corrected chi connectivity index (χ1v) is 7.95. The normalized spacial score (nSPS) is 21.5. The van der Waals surface area contributed by atoms with Crippen LogP contribution in [0.2, 0.25) is 0 Å². The predicted octanol–water partition coefficient (Wildman–Crippen LogP) is 4.04. The summed E-state index contributed by atoms with van der Waals surface area (Å²) in [6, 6.07) is 0. The fourth-order valence-corrected chi connectivity index (χ4v) is 3.48. The molecule has 1 aliphatic heterocycles. The number of hydrogen-bond donors (Lipinski definition) is 1. The van der Waals surface area contributed by atoms with Gasteiger partial charge in [-0.05, 0) is 12.8 Å². The molecule has 2 heterocycles. The summed E-state index contributed by atoms with van der Waals surface area (Å²) < 4.78 is 6.23. The van der Waals surface area contributed by atoms with Crippen molar-refractivity contribution in [1.82, 2.24) is 9.97 Å².